The van der Waals surface area contributed by atoms with E-state index in [1.807, 2.05) is 12.1 Å². The third kappa shape index (κ3) is 4.94. The van der Waals surface area contributed by atoms with Crippen LogP contribution >= 0.6 is 0 Å². The number of nitrogens with one attached hydrogen (secondary N) is 2. The lowest BCUT2D eigenvalue weighted by atomic mass is 9.98. The smallest absolute Gasteiger partial charge is 0.259 e. The second kappa shape index (κ2) is 9.70. The van der Waals surface area contributed by atoms with Crippen molar-refractivity contribution in [3.8, 4) is 11.5 Å². The van der Waals surface area contributed by atoms with Gasteiger partial charge in [0.2, 0.25) is 0 Å². The van der Waals surface area contributed by atoms with Crippen molar-refractivity contribution in [2.24, 2.45) is 0 Å². The summed E-state index contributed by atoms with van der Waals surface area (Å²) in [5, 5.41) is 6.02. The molecule has 2 N–H and O–H groups in total. The van der Waals surface area contributed by atoms with E-state index in [9.17, 15) is 9.59 Å². The number of amides is 2. The molecule has 0 radical (unpaired) electrons. The van der Waals surface area contributed by atoms with Gasteiger partial charge in [-0.1, -0.05) is 24.3 Å². The number of hydrogen-bond donors (Lipinski definition) is 2. The maximum Gasteiger partial charge on any atom is 0.259 e. The fourth-order valence-electron chi connectivity index (χ4n) is 4.45. The first kappa shape index (κ1) is 22.8. The summed E-state index contributed by atoms with van der Waals surface area (Å²) >= 11 is 0. The van der Waals surface area contributed by atoms with Gasteiger partial charge in [0.25, 0.3) is 11.8 Å². The summed E-state index contributed by atoms with van der Waals surface area (Å²) in [4.78, 5) is 28.5. The number of benzene rings is 3. The standard InChI is InChI=1S/C28H29N3O4/c1-34-22-10-11-23(26(16-22)35-2)27(32)30-21-9-12-25(24(15-21)28(33)29-20-7-8-20)31-14-13-18-5-3-4-6-19(18)17-31/h3-6,9-12,15-16,20H,7-8,13-14,17H2,1-2H3,(H,29,33)(H,30,32). The molecule has 1 saturated carbocycles. The van der Waals surface area contributed by atoms with Gasteiger partial charge >= 0.3 is 0 Å². The number of carbonyl (C=O) groups excluding carboxylic acids is 2. The summed E-state index contributed by atoms with van der Waals surface area (Å²) in [6.07, 6.45) is 2.94. The topological polar surface area (TPSA) is 79.9 Å². The van der Waals surface area contributed by atoms with E-state index in [-0.39, 0.29) is 17.9 Å². The Morgan fingerprint density at radius 3 is 2.43 bits per heavy atom. The molecule has 7 heteroatoms. The molecule has 2 amide bonds. The van der Waals surface area contributed by atoms with Gasteiger partial charge in [0.1, 0.15) is 11.5 Å². The van der Waals surface area contributed by atoms with Crippen LogP contribution < -0.4 is 25.0 Å². The molecule has 1 fully saturated rings. The number of anilines is 2. The molecule has 35 heavy (non-hydrogen) atoms. The molecule has 0 spiro atoms. The minimum absolute atomic E-state index is 0.112. The summed E-state index contributed by atoms with van der Waals surface area (Å²) in [7, 11) is 3.07. The van der Waals surface area contributed by atoms with Gasteiger partial charge in [0.15, 0.2) is 0 Å². The van der Waals surface area contributed by atoms with Crippen LogP contribution in [0.1, 0.15) is 44.7 Å². The summed E-state index contributed by atoms with van der Waals surface area (Å²) < 4.78 is 10.6. The Morgan fingerprint density at radius 1 is 0.886 bits per heavy atom. The van der Waals surface area contributed by atoms with Crippen LogP contribution in [0.25, 0.3) is 0 Å². The Morgan fingerprint density at radius 2 is 1.69 bits per heavy atom. The van der Waals surface area contributed by atoms with E-state index in [0.29, 0.717) is 28.3 Å². The van der Waals surface area contributed by atoms with Gasteiger partial charge in [0, 0.05) is 36.6 Å². The molecular formula is C28H29N3O4. The maximum absolute atomic E-state index is 13.2. The fraction of sp³-hybridized carbons (Fsp3) is 0.286. The van der Waals surface area contributed by atoms with Crippen LogP contribution in [0.4, 0.5) is 11.4 Å². The predicted molar refractivity (Wildman–Crippen MR) is 136 cm³/mol. The molecule has 0 bridgehead atoms. The van der Waals surface area contributed by atoms with Crippen molar-refractivity contribution in [3.63, 3.8) is 0 Å². The number of fused-ring (bicyclic) bond motifs is 1. The molecule has 0 aromatic heterocycles. The van der Waals surface area contributed by atoms with Crippen molar-refractivity contribution in [2.45, 2.75) is 31.8 Å². The molecule has 1 heterocycles. The van der Waals surface area contributed by atoms with Crippen molar-refractivity contribution in [1.29, 1.82) is 0 Å². The number of nitrogens with zero attached hydrogens (tertiary/aromatic N) is 1. The number of rotatable bonds is 7. The Hall–Kier alpha value is -4.00. The highest BCUT2D eigenvalue weighted by molar-refractivity contribution is 6.08. The van der Waals surface area contributed by atoms with Gasteiger partial charge in [-0.3, -0.25) is 9.59 Å². The lowest BCUT2D eigenvalue weighted by Gasteiger charge is -2.32. The van der Waals surface area contributed by atoms with Crippen LogP contribution in [0.5, 0.6) is 11.5 Å². The Labute approximate surface area is 205 Å². The number of ether oxygens (including phenoxy) is 2. The van der Waals surface area contributed by atoms with Gasteiger partial charge in [-0.25, -0.2) is 0 Å². The van der Waals surface area contributed by atoms with Crippen LogP contribution in [-0.4, -0.2) is 38.6 Å². The molecule has 0 saturated heterocycles. The molecule has 7 nitrogen and oxygen atoms in total. The molecular weight excluding hydrogens is 442 g/mol. The van der Waals surface area contributed by atoms with Crippen molar-refractivity contribution in [2.75, 3.05) is 31.0 Å². The van der Waals surface area contributed by atoms with Gasteiger partial charge in [0.05, 0.1) is 25.3 Å². The largest absolute Gasteiger partial charge is 0.497 e. The van der Waals surface area contributed by atoms with Crippen molar-refractivity contribution in [3.05, 3.63) is 82.9 Å². The van der Waals surface area contributed by atoms with Crippen LogP contribution in [0.3, 0.4) is 0 Å². The first-order valence-corrected chi connectivity index (χ1v) is 11.9. The van der Waals surface area contributed by atoms with E-state index < -0.39 is 0 Å². The van der Waals surface area contributed by atoms with E-state index >= 15 is 0 Å². The number of carbonyl (C=O) groups is 2. The third-order valence-electron chi connectivity index (χ3n) is 6.54. The molecule has 3 aromatic rings. The third-order valence-corrected chi connectivity index (χ3v) is 6.54. The fourth-order valence-corrected chi connectivity index (χ4v) is 4.45. The molecule has 180 valence electrons. The minimum Gasteiger partial charge on any atom is -0.497 e. The van der Waals surface area contributed by atoms with Crippen molar-refractivity contribution in [1.82, 2.24) is 5.32 Å². The lowest BCUT2D eigenvalue weighted by Crippen LogP contribution is -2.33. The first-order chi connectivity index (χ1) is 17.1. The average Bonchev–Trinajstić information content (AvgIpc) is 3.71. The highest BCUT2D eigenvalue weighted by Gasteiger charge is 2.27. The van der Waals surface area contributed by atoms with Gasteiger partial charge in [-0.2, -0.15) is 0 Å². The van der Waals surface area contributed by atoms with Crippen LogP contribution in [0.15, 0.2) is 60.7 Å². The monoisotopic (exact) mass is 471 g/mol. The molecule has 1 aliphatic heterocycles. The van der Waals surface area contributed by atoms with E-state index in [0.717, 1.165) is 38.0 Å². The van der Waals surface area contributed by atoms with E-state index in [1.165, 1.54) is 18.2 Å². The highest BCUT2D eigenvalue weighted by atomic mass is 16.5. The van der Waals surface area contributed by atoms with E-state index in [1.54, 1.807) is 31.4 Å². The summed E-state index contributed by atoms with van der Waals surface area (Å²) in [6.45, 7) is 1.57. The quantitative estimate of drug-likeness (QED) is 0.534. The zero-order valence-electron chi connectivity index (χ0n) is 20.0. The summed E-state index contributed by atoms with van der Waals surface area (Å²) in [5.41, 5.74) is 5.00. The van der Waals surface area contributed by atoms with Gasteiger partial charge in [-0.05, 0) is 60.7 Å². The zero-order valence-corrected chi connectivity index (χ0v) is 20.0. The van der Waals surface area contributed by atoms with Crippen LogP contribution in [0, 0.1) is 0 Å². The van der Waals surface area contributed by atoms with Crippen LogP contribution in [-0.2, 0) is 13.0 Å². The maximum atomic E-state index is 13.2. The van der Waals surface area contributed by atoms with E-state index in [2.05, 4.69) is 39.8 Å². The highest BCUT2D eigenvalue weighted by Crippen LogP contribution is 2.31. The zero-order chi connectivity index (χ0) is 24.4. The summed E-state index contributed by atoms with van der Waals surface area (Å²) in [6, 6.07) is 19.2. The van der Waals surface area contributed by atoms with Gasteiger partial charge < -0.3 is 25.0 Å². The molecule has 0 unspecified atom stereocenters. The Bertz CT molecular complexity index is 1270. The minimum atomic E-state index is -0.322. The number of methoxy groups -OCH3 is 2. The second-order valence-corrected chi connectivity index (χ2v) is 8.94. The summed E-state index contributed by atoms with van der Waals surface area (Å²) in [5.74, 6) is 0.583. The van der Waals surface area contributed by atoms with Crippen LogP contribution in [0.2, 0.25) is 0 Å². The Balaban J connectivity index is 1.43. The Kier molecular flexibility index (Phi) is 6.31. The normalized spacial score (nSPS) is 14.6. The number of hydrogen-bond acceptors (Lipinski definition) is 5. The van der Waals surface area contributed by atoms with Crippen molar-refractivity contribution >= 4 is 23.2 Å². The molecule has 2 aliphatic rings. The van der Waals surface area contributed by atoms with Crippen molar-refractivity contribution < 1.29 is 19.1 Å². The SMILES string of the molecule is COc1ccc(C(=O)Nc2ccc(N3CCc4ccccc4C3)c(C(=O)NC3CC3)c2)c(OC)c1. The molecule has 1 aliphatic carbocycles. The molecule has 3 aromatic carbocycles. The van der Waals surface area contributed by atoms with E-state index in [4.69, 9.17) is 9.47 Å². The predicted octanol–water partition coefficient (Wildman–Crippen LogP) is 4.41. The second-order valence-electron chi connectivity index (χ2n) is 8.94. The molecule has 0 atom stereocenters. The van der Waals surface area contributed by atoms with Gasteiger partial charge in [-0.15, -0.1) is 0 Å². The first-order valence-electron chi connectivity index (χ1n) is 11.9. The lowest BCUT2D eigenvalue weighted by molar-refractivity contribution is 0.0950. The molecule has 5 rings (SSSR count). The average molecular weight is 472 g/mol.